The Hall–Kier alpha value is -0.870. The van der Waals surface area contributed by atoms with Crippen LogP contribution in [0.1, 0.15) is 23.2 Å². The van der Waals surface area contributed by atoms with E-state index in [2.05, 4.69) is 10.6 Å². The van der Waals surface area contributed by atoms with Crippen molar-refractivity contribution in [2.45, 2.75) is 18.9 Å². The summed E-state index contributed by atoms with van der Waals surface area (Å²) in [5.41, 5.74) is 1.42. The second-order valence-corrected chi connectivity index (χ2v) is 5.91. The maximum Gasteiger partial charge on any atom is 0.253 e. The van der Waals surface area contributed by atoms with E-state index >= 15 is 0 Å². The largest absolute Gasteiger partial charge is 0.387 e. The van der Waals surface area contributed by atoms with Crippen molar-refractivity contribution in [3.8, 4) is 0 Å². The van der Waals surface area contributed by atoms with Crippen LogP contribution in [0.3, 0.4) is 0 Å². The first-order valence-electron chi connectivity index (χ1n) is 6.06. The highest BCUT2D eigenvalue weighted by Gasteiger charge is 2.18. The summed E-state index contributed by atoms with van der Waals surface area (Å²) in [6.45, 7) is 0. The van der Waals surface area contributed by atoms with Crippen LogP contribution in [0.2, 0.25) is 5.02 Å². The van der Waals surface area contributed by atoms with Gasteiger partial charge in [-0.2, -0.15) is 11.8 Å². The molecule has 1 amide bonds. The van der Waals surface area contributed by atoms with Gasteiger partial charge in [0.2, 0.25) is 0 Å². The third-order valence-electron chi connectivity index (χ3n) is 2.99. The van der Waals surface area contributed by atoms with Crippen molar-refractivity contribution in [2.24, 2.45) is 0 Å². The van der Waals surface area contributed by atoms with Gasteiger partial charge in [-0.3, -0.25) is 4.79 Å². The number of rotatable bonds is 3. The Morgan fingerprint density at radius 1 is 1.50 bits per heavy atom. The molecule has 0 aromatic heterocycles. The summed E-state index contributed by atoms with van der Waals surface area (Å²) in [5.74, 6) is 2.15. The van der Waals surface area contributed by atoms with Gasteiger partial charge in [-0.25, -0.2) is 0 Å². The second kappa shape index (κ2) is 6.34. The van der Waals surface area contributed by atoms with Gasteiger partial charge in [0.05, 0.1) is 5.56 Å². The minimum atomic E-state index is -0.0469. The van der Waals surface area contributed by atoms with E-state index in [-0.39, 0.29) is 11.9 Å². The van der Waals surface area contributed by atoms with Crippen LogP contribution >= 0.6 is 23.4 Å². The number of thioether (sulfide) groups is 1. The molecule has 2 N–H and O–H groups in total. The molecular weight excluding hydrogens is 268 g/mol. The third kappa shape index (κ3) is 3.33. The molecule has 1 saturated heterocycles. The van der Waals surface area contributed by atoms with Crippen LogP contribution in [0.4, 0.5) is 5.69 Å². The molecule has 1 aliphatic heterocycles. The molecule has 0 radical (unpaired) electrons. The lowest BCUT2D eigenvalue weighted by Gasteiger charge is -2.23. The fourth-order valence-corrected chi connectivity index (χ4v) is 3.28. The molecule has 1 aromatic carbocycles. The van der Waals surface area contributed by atoms with Crippen molar-refractivity contribution >= 4 is 35.0 Å². The zero-order valence-electron chi connectivity index (χ0n) is 10.3. The van der Waals surface area contributed by atoms with E-state index in [1.807, 2.05) is 17.8 Å². The monoisotopic (exact) mass is 284 g/mol. The van der Waals surface area contributed by atoms with Gasteiger partial charge in [0.1, 0.15) is 0 Å². The van der Waals surface area contributed by atoms with Crippen LogP contribution in [-0.4, -0.2) is 30.5 Å². The minimum absolute atomic E-state index is 0.0469. The van der Waals surface area contributed by atoms with Crippen molar-refractivity contribution in [2.75, 3.05) is 23.9 Å². The number of amides is 1. The number of anilines is 1. The average molecular weight is 285 g/mol. The molecule has 0 aliphatic carbocycles. The molecule has 0 saturated carbocycles. The van der Waals surface area contributed by atoms with E-state index in [1.165, 1.54) is 12.2 Å². The molecular formula is C13H17ClN2OS. The molecule has 5 heteroatoms. The highest BCUT2D eigenvalue weighted by Crippen LogP contribution is 2.22. The lowest BCUT2D eigenvalue weighted by molar-refractivity contribution is 0.0939. The summed E-state index contributed by atoms with van der Waals surface area (Å²) < 4.78 is 0. The molecule has 1 fully saturated rings. The minimum Gasteiger partial charge on any atom is -0.387 e. The van der Waals surface area contributed by atoms with Crippen LogP contribution < -0.4 is 10.6 Å². The fourth-order valence-electron chi connectivity index (χ4n) is 2.04. The summed E-state index contributed by atoms with van der Waals surface area (Å²) in [7, 11) is 1.80. The summed E-state index contributed by atoms with van der Waals surface area (Å²) in [6, 6.07) is 5.59. The quantitative estimate of drug-likeness (QED) is 0.896. The zero-order valence-corrected chi connectivity index (χ0v) is 11.9. The maximum atomic E-state index is 12.2. The highest BCUT2D eigenvalue weighted by molar-refractivity contribution is 7.99. The predicted molar refractivity (Wildman–Crippen MR) is 78.8 cm³/mol. The summed E-state index contributed by atoms with van der Waals surface area (Å²) in [6.07, 6.45) is 2.23. The van der Waals surface area contributed by atoms with Gasteiger partial charge in [-0.15, -0.1) is 0 Å². The summed E-state index contributed by atoms with van der Waals surface area (Å²) in [5, 5.41) is 6.68. The van der Waals surface area contributed by atoms with Gasteiger partial charge in [-0.05, 0) is 36.8 Å². The van der Waals surface area contributed by atoms with Crippen molar-refractivity contribution in [3.05, 3.63) is 28.8 Å². The van der Waals surface area contributed by atoms with Gasteiger partial charge in [0.15, 0.2) is 0 Å². The molecule has 98 valence electrons. The first-order chi connectivity index (χ1) is 8.70. The molecule has 2 rings (SSSR count). The van der Waals surface area contributed by atoms with Crippen LogP contribution in [0.5, 0.6) is 0 Å². The highest BCUT2D eigenvalue weighted by atomic mass is 35.5. The molecule has 1 unspecified atom stereocenters. The summed E-state index contributed by atoms with van der Waals surface area (Å²) >= 11 is 7.85. The topological polar surface area (TPSA) is 41.1 Å². The lowest BCUT2D eigenvalue weighted by atomic mass is 10.1. The number of carbonyl (C=O) groups excluding carboxylic acids is 1. The Morgan fingerprint density at radius 3 is 3.00 bits per heavy atom. The molecule has 3 nitrogen and oxygen atoms in total. The summed E-state index contributed by atoms with van der Waals surface area (Å²) in [4.78, 5) is 12.2. The molecule has 1 heterocycles. The van der Waals surface area contributed by atoms with Gasteiger partial charge in [0.25, 0.3) is 5.91 Å². The molecule has 0 spiro atoms. The molecule has 18 heavy (non-hydrogen) atoms. The van der Waals surface area contributed by atoms with E-state index in [0.29, 0.717) is 10.6 Å². The van der Waals surface area contributed by atoms with E-state index in [0.717, 1.165) is 17.9 Å². The average Bonchev–Trinajstić information content (AvgIpc) is 2.40. The Balaban J connectivity index is 2.09. The SMILES string of the molecule is CNc1ccc(Cl)cc1C(=O)NC1CCCSC1. The van der Waals surface area contributed by atoms with Crippen LogP contribution in [0, 0.1) is 0 Å². The normalized spacial score (nSPS) is 19.3. The van der Waals surface area contributed by atoms with Crippen molar-refractivity contribution < 1.29 is 4.79 Å². The number of halogens is 1. The molecule has 1 aromatic rings. The molecule has 0 bridgehead atoms. The van der Waals surface area contributed by atoms with Crippen molar-refractivity contribution in [3.63, 3.8) is 0 Å². The van der Waals surface area contributed by atoms with Crippen molar-refractivity contribution in [1.82, 2.24) is 5.32 Å². The van der Waals surface area contributed by atoms with Crippen LogP contribution in [0.15, 0.2) is 18.2 Å². The standard InChI is InChI=1S/C13H17ClN2OS/c1-15-12-5-4-9(14)7-11(12)13(17)16-10-3-2-6-18-8-10/h4-5,7,10,15H,2-3,6,8H2,1H3,(H,16,17). The Morgan fingerprint density at radius 2 is 2.33 bits per heavy atom. The number of benzene rings is 1. The maximum absolute atomic E-state index is 12.2. The number of hydrogen-bond acceptors (Lipinski definition) is 3. The third-order valence-corrected chi connectivity index (χ3v) is 4.44. The molecule has 1 atom stereocenters. The van der Waals surface area contributed by atoms with Gasteiger partial charge in [0, 0.05) is 29.6 Å². The van der Waals surface area contributed by atoms with Crippen LogP contribution in [-0.2, 0) is 0 Å². The van der Waals surface area contributed by atoms with Crippen molar-refractivity contribution in [1.29, 1.82) is 0 Å². The van der Waals surface area contributed by atoms with E-state index < -0.39 is 0 Å². The van der Waals surface area contributed by atoms with Crippen LogP contribution in [0.25, 0.3) is 0 Å². The Bertz CT molecular complexity index is 433. The second-order valence-electron chi connectivity index (χ2n) is 4.33. The van der Waals surface area contributed by atoms with Gasteiger partial charge in [-0.1, -0.05) is 11.6 Å². The number of nitrogens with one attached hydrogen (secondary N) is 2. The van der Waals surface area contributed by atoms with E-state index in [4.69, 9.17) is 11.6 Å². The number of carbonyl (C=O) groups is 1. The van der Waals surface area contributed by atoms with E-state index in [9.17, 15) is 4.79 Å². The van der Waals surface area contributed by atoms with Gasteiger partial charge >= 0.3 is 0 Å². The lowest BCUT2D eigenvalue weighted by Crippen LogP contribution is -2.38. The first kappa shape index (κ1) is 13.6. The fraction of sp³-hybridized carbons (Fsp3) is 0.462. The predicted octanol–water partition coefficient (Wildman–Crippen LogP) is 3.01. The Labute approximate surface area is 117 Å². The first-order valence-corrected chi connectivity index (χ1v) is 7.60. The number of hydrogen-bond donors (Lipinski definition) is 2. The van der Waals surface area contributed by atoms with E-state index in [1.54, 1.807) is 19.2 Å². The smallest absolute Gasteiger partial charge is 0.253 e. The Kier molecular flexibility index (Phi) is 4.78. The zero-order chi connectivity index (χ0) is 13.0. The molecule has 1 aliphatic rings. The van der Waals surface area contributed by atoms with Gasteiger partial charge < -0.3 is 10.6 Å².